The first-order valence-corrected chi connectivity index (χ1v) is 13.5. The first-order chi connectivity index (χ1) is 18.8. The van der Waals surface area contributed by atoms with Crippen LogP contribution in [0.3, 0.4) is 0 Å². The third-order valence-corrected chi connectivity index (χ3v) is 7.15. The van der Waals surface area contributed by atoms with E-state index in [1.807, 2.05) is 12.1 Å². The highest BCUT2D eigenvalue weighted by atomic mass is 32.2. The molecular formula is C27H27F3N2O7S. The minimum absolute atomic E-state index is 0.0487. The van der Waals surface area contributed by atoms with Gasteiger partial charge in [-0.3, -0.25) is 4.79 Å². The number of nitrogen functional groups attached to an aromatic ring is 1. The van der Waals surface area contributed by atoms with Crippen molar-refractivity contribution in [2.75, 3.05) is 12.5 Å². The van der Waals surface area contributed by atoms with E-state index in [0.29, 0.717) is 22.7 Å². The molecule has 3 aromatic rings. The van der Waals surface area contributed by atoms with Gasteiger partial charge in [-0.05, 0) is 65.9 Å². The summed E-state index contributed by atoms with van der Waals surface area (Å²) in [7, 11) is -4.03. The highest BCUT2D eigenvalue weighted by Crippen LogP contribution is 2.36. The van der Waals surface area contributed by atoms with Crippen LogP contribution in [0.1, 0.15) is 36.0 Å². The van der Waals surface area contributed by atoms with Gasteiger partial charge in [-0.2, -0.15) is 13.2 Å². The molecule has 1 aliphatic heterocycles. The van der Waals surface area contributed by atoms with E-state index < -0.39 is 34.0 Å². The minimum Gasteiger partial charge on any atom is -0.475 e. The molecule has 1 unspecified atom stereocenters. The Hall–Kier alpha value is -4.26. The van der Waals surface area contributed by atoms with Crippen LogP contribution < -0.4 is 19.9 Å². The smallest absolute Gasteiger partial charge is 0.475 e. The molecule has 3 aromatic carbocycles. The van der Waals surface area contributed by atoms with Crippen LogP contribution in [0.4, 0.5) is 18.9 Å². The zero-order valence-electron chi connectivity index (χ0n) is 21.3. The second-order valence-electron chi connectivity index (χ2n) is 8.78. The van der Waals surface area contributed by atoms with Crippen LogP contribution in [-0.2, 0) is 32.5 Å². The number of ether oxygens (including phenoxy) is 2. The number of benzene rings is 3. The highest BCUT2D eigenvalue weighted by Gasteiger charge is 2.38. The van der Waals surface area contributed by atoms with Crippen LogP contribution in [0.15, 0.2) is 71.6 Å². The number of amides is 1. The van der Waals surface area contributed by atoms with E-state index in [0.717, 1.165) is 24.0 Å². The lowest BCUT2D eigenvalue weighted by atomic mass is 9.91. The topological polar surface area (TPSA) is 145 Å². The summed E-state index contributed by atoms with van der Waals surface area (Å²) in [5.74, 6) is -3.03. The number of alkyl halides is 3. The van der Waals surface area contributed by atoms with Crippen LogP contribution in [0.25, 0.3) is 0 Å². The Labute approximate surface area is 228 Å². The fourth-order valence-corrected chi connectivity index (χ4v) is 4.79. The third-order valence-electron chi connectivity index (χ3n) is 5.78. The Morgan fingerprint density at radius 2 is 1.55 bits per heavy atom. The molecular weight excluding hydrogens is 553 g/mol. The van der Waals surface area contributed by atoms with Crippen molar-refractivity contribution in [3.05, 3.63) is 83.4 Å². The summed E-state index contributed by atoms with van der Waals surface area (Å²) in [6.45, 7) is 2.16. The summed E-state index contributed by atoms with van der Waals surface area (Å²) in [5, 5.41) is 7.12. The van der Waals surface area contributed by atoms with Gasteiger partial charge in [0.2, 0.25) is 12.7 Å². The number of nitrogens with one attached hydrogen (secondary N) is 1. The number of hydrogen-bond acceptors (Lipinski definition) is 7. The Morgan fingerprint density at radius 1 is 0.975 bits per heavy atom. The third kappa shape index (κ3) is 8.12. The number of rotatable bonds is 8. The molecule has 4 N–H and O–H groups in total. The van der Waals surface area contributed by atoms with Crippen molar-refractivity contribution in [1.82, 2.24) is 4.72 Å². The van der Waals surface area contributed by atoms with E-state index in [1.54, 1.807) is 42.5 Å². The molecule has 1 atom stereocenters. The van der Waals surface area contributed by atoms with Gasteiger partial charge in [0.15, 0.2) is 11.5 Å². The van der Waals surface area contributed by atoms with Gasteiger partial charge in [-0.15, -0.1) is 0 Å². The number of anilines is 1. The van der Waals surface area contributed by atoms with E-state index >= 15 is 0 Å². The molecule has 1 amide bonds. The van der Waals surface area contributed by atoms with Crippen LogP contribution in [0, 0.1) is 0 Å². The fraction of sp³-hybridized carbons (Fsp3) is 0.259. The molecule has 0 aromatic heterocycles. The quantitative estimate of drug-likeness (QED) is 0.332. The van der Waals surface area contributed by atoms with Crippen molar-refractivity contribution in [2.24, 2.45) is 0 Å². The number of aliphatic carboxylic acids is 1. The lowest BCUT2D eigenvalue weighted by Crippen LogP contribution is -2.35. The van der Waals surface area contributed by atoms with Crippen molar-refractivity contribution in [2.45, 2.75) is 43.2 Å². The van der Waals surface area contributed by atoms with E-state index in [-0.39, 0.29) is 18.1 Å². The number of hydrogen-bond donors (Lipinski definition) is 3. The molecule has 214 valence electrons. The number of carboxylic acids is 1. The number of aryl methyl sites for hydroxylation is 1. The Balaban J connectivity index is 0.000000559. The summed E-state index contributed by atoms with van der Waals surface area (Å²) in [6, 6.07) is 18.9. The molecule has 9 nitrogen and oxygen atoms in total. The van der Waals surface area contributed by atoms with Crippen LogP contribution in [-0.4, -0.2) is 38.4 Å². The molecule has 4 rings (SSSR count). The summed E-state index contributed by atoms with van der Waals surface area (Å²) in [6.07, 6.45) is -2.97. The van der Waals surface area contributed by atoms with Gasteiger partial charge in [0, 0.05) is 5.69 Å². The molecule has 0 radical (unpaired) electrons. The summed E-state index contributed by atoms with van der Waals surface area (Å²) in [5.41, 5.74) is 8.91. The lowest BCUT2D eigenvalue weighted by molar-refractivity contribution is -0.192. The number of nitrogens with two attached hydrogens (primary N) is 1. The maximum absolute atomic E-state index is 13.3. The first-order valence-electron chi connectivity index (χ1n) is 12.0. The summed E-state index contributed by atoms with van der Waals surface area (Å²) < 4.78 is 70.7. The highest BCUT2D eigenvalue weighted by molar-refractivity contribution is 7.90. The number of halogens is 3. The zero-order chi connectivity index (χ0) is 29.5. The van der Waals surface area contributed by atoms with Gasteiger partial charge < -0.3 is 20.3 Å². The first kappa shape index (κ1) is 30.3. The standard InChI is InChI=1S/C25H26N2O5S.C2HF3O2/c1-2-3-17-6-11-21(12-7-17)33(29,30)27-25(28)22(14-18-4-9-20(26)10-5-18)19-8-13-23-24(15-19)32-16-31-23;3-2(4,5)1(6)7/h4-13,15,22H,2-3,14,16,26H2,1H3,(H,27,28);(H,6,7). The molecule has 0 spiro atoms. The molecule has 0 bridgehead atoms. The largest absolute Gasteiger partial charge is 0.490 e. The fourth-order valence-electron chi connectivity index (χ4n) is 3.77. The van der Waals surface area contributed by atoms with Crippen molar-refractivity contribution < 1.29 is 45.8 Å². The monoisotopic (exact) mass is 580 g/mol. The van der Waals surface area contributed by atoms with E-state index in [4.69, 9.17) is 25.1 Å². The van der Waals surface area contributed by atoms with E-state index in [9.17, 15) is 26.4 Å². The maximum atomic E-state index is 13.3. The Kier molecular flexibility index (Phi) is 9.64. The number of fused-ring (bicyclic) bond motifs is 1. The summed E-state index contributed by atoms with van der Waals surface area (Å²) >= 11 is 0. The zero-order valence-corrected chi connectivity index (χ0v) is 22.1. The number of carbonyl (C=O) groups excluding carboxylic acids is 1. The normalized spacial score (nSPS) is 13.1. The Morgan fingerprint density at radius 3 is 2.12 bits per heavy atom. The number of carboxylic acid groups (broad SMARTS) is 1. The molecule has 0 saturated heterocycles. The van der Waals surface area contributed by atoms with Crippen LogP contribution in [0.2, 0.25) is 0 Å². The van der Waals surface area contributed by atoms with Gasteiger partial charge in [0.05, 0.1) is 10.8 Å². The second kappa shape index (κ2) is 12.7. The average molecular weight is 581 g/mol. The number of sulfonamides is 1. The molecule has 1 heterocycles. The maximum Gasteiger partial charge on any atom is 0.490 e. The minimum atomic E-state index is -5.08. The van der Waals surface area contributed by atoms with Crippen molar-refractivity contribution in [1.29, 1.82) is 0 Å². The lowest BCUT2D eigenvalue weighted by Gasteiger charge is -2.18. The molecule has 0 aliphatic carbocycles. The molecule has 13 heteroatoms. The average Bonchev–Trinajstić information content (AvgIpc) is 3.36. The SMILES string of the molecule is CCCc1ccc(S(=O)(=O)NC(=O)C(Cc2ccc(N)cc2)c2ccc3c(c2)OCO3)cc1.O=C(O)C(F)(F)F. The number of carbonyl (C=O) groups is 2. The van der Waals surface area contributed by atoms with Crippen molar-refractivity contribution in [3.8, 4) is 11.5 Å². The molecule has 40 heavy (non-hydrogen) atoms. The second-order valence-corrected chi connectivity index (χ2v) is 10.5. The van der Waals surface area contributed by atoms with Crippen molar-refractivity contribution >= 4 is 27.6 Å². The predicted octanol–water partition coefficient (Wildman–Crippen LogP) is 4.41. The molecule has 1 aliphatic rings. The van der Waals surface area contributed by atoms with Crippen molar-refractivity contribution in [3.63, 3.8) is 0 Å². The van der Waals surface area contributed by atoms with Crippen LogP contribution in [0.5, 0.6) is 11.5 Å². The predicted molar refractivity (Wildman–Crippen MR) is 139 cm³/mol. The van der Waals surface area contributed by atoms with Crippen LogP contribution >= 0.6 is 0 Å². The summed E-state index contributed by atoms with van der Waals surface area (Å²) in [4.78, 5) is 22.2. The van der Waals surface area contributed by atoms with E-state index in [1.165, 1.54) is 12.1 Å². The van der Waals surface area contributed by atoms with Gasteiger partial charge in [0.1, 0.15) is 0 Å². The molecule has 0 saturated carbocycles. The molecule has 0 fully saturated rings. The Bertz CT molecular complexity index is 1440. The van der Waals surface area contributed by atoms with Gasteiger partial charge in [-0.25, -0.2) is 17.9 Å². The van der Waals surface area contributed by atoms with Gasteiger partial charge >= 0.3 is 12.1 Å². The van der Waals surface area contributed by atoms with Gasteiger partial charge in [-0.1, -0.05) is 43.7 Å². The van der Waals surface area contributed by atoms with Gasteiger partial charge in [0.25, 0.3) is 10.0 Å². The van der Waals surface area contributed by atoms with E-state index in [2.05, 4.69) is 11.6 Å².